The second kappa shape index (κ2) is 3.87. The molecule has 5 heteroatoms. The minimum Gasteiger partial charge on any atom is -0.476 e. The lowest BCUT2D eigenvalue weighted by molar-refractivity contribution is 0.0672. The fourth-order valence-electron chi connectivity index (χ4n) is 0.732. The molecule has 1 aromatic heterocycles. The van der Waals surface area contributed by atoms with Crippen LogP contribution in [0.5, 0.6) is 0 Å². The van der Waals surface area contributed by atoms with Crippen molar-refractivity contribution in [1.82, 2.24) is 9.78 Å². The quantitative estimate of drug-likeness (QED) is 0.717. The molecule has 66 valence electrons. The Morgan fingerprint density at radius 2 is 2.58 bits per heavy atom. The Morgan fingerprint density at radius 1 is 1.83 bits per heavy atom. The average Bonchev–Trinajstić information content (AvgIpc) is 2.48. The van der Waals surface area contributed by atoms with E-state index in [0.717, 1.165) is 0 Å². The van der Waals surface area contributed by atoms with E-state index in [2.05, 4.69) is 5.10 Å². The Bertz CT molecular complexity index is 269. The standard InChI is InChI=1S/C7H10N2O3/c1-2-12-5-9-4-3-6(8-9)7(10)11/h3-4H,2,5H2,1H3,(H,10,11). The lowest BCUT2D eigenvalue weighted by atomic mass is 10.5. The Balaban J connectivity index is 2.58. The molecular formula is C7H10N2O3. The fourth-order valence-corrected chi connectivity index (χ4v) is 0.732. The lowest BCUT2D eigenvalue weighted by Crippen LogP contribution is -2.05. The molecule has 0 aliphatic rings. The molecule has 0 saturated carbocycles. The molecule has 1 rings (SSSR count). The first-order valence-electron chi connectivity index (χ1n) is 3.58. The summed E-state index contributed by atoms with van der Waals surface area (Å²) in [7, 11) is 0. The molecule has 1 N–H and O–H groups in total. The summed E-state index contributed by atoms with van der Waals surface area (Å²) in [6, 6.07) is 1.43. The minimum atomic E-state index is -1.02. The van der Waals surface area contributed by atoms with E-state index in [0.29, 0.717) is 13.3 Å². The highest BCUT2D eigenvalue weighted by molar-refractivity contribution is 5.84. The zero-order chi connectivity index (χ0) is 8.97. The van der Waals surface area contributed by atoms with Gasteiger partial charge in [-0.3, -0.25) is 0 Å². The molecule has 0 saturated heterocycles. The van der Waals surface area contributed by atoms with Gasteiger partial charge < -0.3 is 9.84 Å². The van der Waals surface area contributed by atoms with Crippen LogP contribution in [0.2, 0.25) is 0 Å². The molecule has 0 bridgehead atoms. The van der Waals surface area contributed by atoms with Gasteiger partial charge in [-0.1, -0.05) is 0 Å². The van der Waals surface area contributed by atoms with Crippen molar-refractivity contribution in [2.24, 2.45) is 0 Å². The van der Waals surface area contributed by atoms with Gasteiger partial charge in [-0.25, -0.2) is 9.48 Å². The van der Waals surface area contributed by atoms with Gasteiger partial charge in [0.15, 0.2) is 5.69 Å². The van der Waals surface area contributed by atoms with E-state index in [-0.39, 0.29) is 5.69 Å². The van der Waals surface area contributed by atoms with Gasteiger partial charge in [0.05, 0.1) is 0 Å². The largest absolute Gasteiger partial charge is 0.476 e. The number of nitrogens with zero attached hydrogens (tertiary/aromatic N) is 2. The Hall–Kier alpha value is -1.36. The monoisotopic (exact) mass is 170 g/mol. The number of carboxylic acids is 1. The second-order valence-corrected chi connectivity index (χ2v) is 2.17. The smallest absolute Gasteiger partial charge is 0.356 e. The van der Waals surface area contributed by atoms with Gasteiger partial charge in [0, 0.05) is 12.8 Å². The third kappa shape index (κ3) is 2.06. The van der Waals surface area contributed by atoms with Crippen LogP contribution in [0.15, 0.2) is 12.3 Å². The van der Waals surface area contributed by atoms with Crippen LogP contribution in [0, 0.1) is 0 Å². The maximum absolute atomic E-state index is 10.4. The summed E-state index contributed by atoms with van der Waals surface area (Å²) >= 11 is 0. The summed E-state index contributed by atoms with van der Waals surface area (Å²) in [5.74, 6) is -1.02. The number of hydrogen-bond donors (Lipinski definition) is 1. The van der Waals surface area contributed by atoms with Crippen molar-refractivity contribution in [2.45, 2.75) is 13.7 Å². The molecule has 0 aromatic carbocycles. The number of carboxylic acid groups (broad SMARTS) is 1. The summed E-state index contributed by atoms with van der Waals surface area (Å²) in [5, 5.41) is 12.2. The number of carbonyl (C=O) groups is 1. The van der Waals surface area contributed by atoms with E-state index in [1.54, 1.807) is 6.20 Å². The van der Waals surface area contributed by atoms with Gasteiger partial charge in [-0.15, -0.1) is 0 Å². The number of rotatable bonds is 4. The first kappa shape index (κ1) is 8.73. The van der Waals surface area contributed by atoms with Crippen LogP contribution >= 0.6 is 0 Å². The van der Waals surface area contributed by atoms with Gasteiger partial charge in [0.2, 0.25) is 0 Å². The zero-order valence-electron chi connectivity index (χ0n) is 6.73. The molecule has 0 fully saturated rings. The van der Waals surface area contributed by atoms with Crippen molar-refractivity contribution in [1.29, 1.82) is 0 Å². The third-order valence-electron chi connectivity index (χ3n) is 1.29. The van der Waals surface area contributed by atoms with Crippen LogP contribution in [0.4, 0.5) is 0 Å². The topological polar surface area (TPSA) is 64.3 Å². The molecule has 0 aliphatic heterocycles. The van der Waals surface area contributed by atoms with Crippen molar-refractivity contribution in [3.05, 3.63) is 18.0 Å². The van der Waals surface area contributed by atoms with Crippen molar-refractivity contribution in [3.8, 4) is 0 Å². The number of aromatic nitrogens is 2. The van der Waals surface area contributed by atoms with E-state index >= 15 is 0 Å². The van der Waals surface area contributed by atoms with Crippen LogP contribution in [0.3, 0.4) is 0 Å². The summed E-state index contributed by atoms with van der Waals surface area (Å²) in [5.41, 5.74) is 0.0368. The molecular weight excluding hydrogens is 160 g/mol. The predicted octanol–water partition coefficient (Wildman–Crippen LogP) is 0.575. The minimum absolute atomic E-state index is 0.0368. The first-order valence-corrected chi connectivity index (χ1v) is 3.58. The molecule has 12 heavy (non-hydrogen) atoms. The molecule has 0 radical (unpaired) electrons. The van der Waals surface area contributed by atoms with Crippen LogP contribution in [0.1, 0.15) is 17.4 Å². The first-order chi connectivity index (χ1) is 5.74. The maximum Gasteiger partial charge on any atom is 0.356 e. The normalized spacial score (nSPS) is 10.1. The van der Waals surface area contributed by atoms with Crippen LogP contribution in [0.25, 0.3) is 0 Å². The molecule has 0 unspecified atom stereocenters. The third-order valence-corrected chi connectivity index (χ3v) is 1.29. The van der Waals surface area contributed by atoms with Gasteiger partial charge in [0.1, 0.15) is 6.73 Å². The molecule has 0 amide bonds. The SMILES string of the molecule is CCOCn1ccc(C(=O)O)n1. The molecule has 0 spiro atoms. The number of hydrogen-bond acceptors (Lipinski definition) is 3. The molecule has 1 aromatic rings. The van der Waals surface area contributed by atoms with Gasteiger partial charge in [-0.2, -0.15) is 5.10 Å². The predicted molar refractivity (Wildman–Crippen MR) is 40.8 cm³/mol. The molecule has 5 nitrogen and oxygen atoms in total. The van der Waals surface area contributed by atoms with E-state index < -0.39 is 5.97 Å². The van der Waals surface area contributed by atoms with Crippen molar-refractivity contribution in [2.75, 3.05) is 6.61 Å². The molecule has 0 atom stereocenters. The summed E-state index contributed by atoms with van der Waals surface area (Å²) in [6.07, 6.45) is 1.57. The van der Waals surface area contributed by atoms with E-state index in [1.807, 2.05) is 6.92 Å². The second-order valence-electron chi connectivity index (χ2n) is 2.17. The zero-order valence-corrected chi connectivity index (χ0v) is 6.73. The van der Waals surface area contributed by atoms with Gasteiger partial charge >= 0.3 is 5.97 Å². The van der Waals surface area contributed by atoms with Crippen molar-refractivity contribution >= 4 is 5.97 Å². The fraction of sp³-hybridized carbons (Fsp3) is 0.429. The molecule has 0 aliphatic carbocycles. The van der Waals surface area contributed by atoms with E-state index in [4.69, 9.17) is 9.84 Å². The highest BCUT2D eigenvalue weighted by Crippen LogP contribution is 1.95. The van der Waals surface area contributed by atoms with E-state index in [9.17, 15) is 4.79 Å². The molecule has 1 heterocycles. The van der Waals surface area contributed by atoms with Gasteiger partial charge in [0.25, 0.3) is 0 Å². The Labute approximate surface area is 69.6 Å². The summed E-state index contributed by atoms with van der Waals surface area (Å²) in [6.45, 7) is 2.74. The Kier molecular flexibility index (Phi) is 2.82. The van der Waals surface area contributed by atoms with Crippen LogP contribution < -0.4 is 0 Å². The van der Waals surface area contributed by atoms with Crippen molar-refractivity contribution in [3.63, 3.8) is 0 Å². The number of aromatic carboxylic acids is 1. The van der Waals surface area contributed by atoms with Crippen LogP contribution in [-0.4, -0.2) is 27.5 Å². The Morgan fingerprint density at radius 3 is 3.08 bits per heavy atom. The lowest BCUT2D eigenvalue weighted by Gasteiger charge is -1.99. The van der Waals surface area contributed by atoms with E-state index in [1.165, 1.54) is 10.7 Å². The highest BCUT2D eigenvalue weighted by atomic mass is 16.5. The van der Waals surface area contributed by atoms with Crippen molar-refractivity contribution < 1.29 is 14.6 Å². The summed E-state index contributed by atoms with van der Waals surface area (Å²) < 4.78 is 6.46. The highest BCUT2D eigenvalue weighted by Gasteiger charge is 2.05. The number of ether oxygens (including phenoxy) is 1. The van der Waals surface area contributed by atoms with Crippen LogP contribution in [-0.2, 0) is 11.5 Å². The summed E-state index contributed by atoms with van der Waals surface area (Å²) in [4.78, 5) is 10.4. The van der Waals surface area contributed by atoms with Gasteiger partial charge in [-0.05, 0) is 13.0 Å². The average molecular weight is 170 g/mol. The maximum atomic E-state index is 10.4.